The van der Waals surface area contributed by atoms with E-state index in [1.807, 2.05) is 25.1 Å². The molecule has 5 rings (SSSR count). The second kappa shape index (κ2) is 5.75. The Morgan fingerprint density at radius 3 is 1.62 bits per heavy atom. The lowest BCUT2D eigenvalue weighted by Gasteiger charge is -2.18. The van der Waals surface area contributed by atoms with Crippen LogP contribution in [0.3, 0.4) is 0 Å². The molecule has 0 saturated carbocycles. The van der Waals surface area contributed by atoms with E-state index in [-0.39, 0.29) is 11.1 Å². The van der Waals surface area contributed by atoms with Crippen molar-refractivity contribution in [2.24, 2.45) is 0 Å². The Hall–Kier alpha value is -3.99. The summed E-state index contributed by atoms with van der Waals surface area (Å²) in [4.78, 5) is 35.3. The van der Waals surface area contributed by atoms with Gasteiger partial charge in [-0.2, -0.15) is 0 Å². The Labute approximate surface area is 164 Å². The number of benzene rings is 5. The number of aldehydes is 1. The highest BCUT2D eigenvalue weighted by Gasteiger charge is 2.21. The van der Waals surface area contributed by atoms with Crippen LogP contribution in [-0.4, -0.2) is 28.4 Å². The Morgan fingerprint density at radius 1 is 0.655 bits per heavy atom. The van der Waals surface area contributed by atoms with Crippen LogP contribution in [0.2, 0.25) is 0 Å². The first-order chi connectivity index (χ1) is 13.9. The largest absolute Gasteiger partial charge is 0.478 e. The molecule has 0 fully saturated rings. The first kappa shape index (κ1) is 17.1. The van der Waals surface area contributed by atoms with Gasteiger partial charge in [-0.15, -0.1) is 0 Å². The summed E-state index contributed by atoms with van der Waals surface area (Å²) < 4.78 is 0. The van der Waals surface area contributed by atoms with Crippen LogP contribution in [-0.2, 0) is 0 Å². The van der Waals surface area contributed by atoms with Gasteiger partial charge in [0.2, 0.25) is 0 Å². The highest BCUT2D eigenvalue weighted by atomic mass is 16.4. The average molecular weight is 382 g/mol. The molecule has 0 aliphatic carbocycles. The number of carbonyl (C=O) groups is 3. The van der Waals surface area contributed by atoms with Crippen molar-refractivity contribution in [3.05, 3.63) is 70.8 Å². The molecule has 5 aromatic rings. The Kier molecular flexibility index (Phi) is 3.40. The fourth-order valence-corrected chi connectivity index (χ4v) is 4.54. The number of carboxylic acids is 2. The predicted molar refractivity (Wildman–Crippen MR) is 112 cm³/mol. The zero-order chi connectivity index (χ0) is 20.4. The fourth-order valence-electron chi connectivity index (χ4n) is 4.54. The second-order valence-electron chi connectivity index (χ2n) is 7.18. The smallest absolute Gasteiger partial charge is 0.336 e. The van der Waals surface area contributed by atoms with Gasteiger partial charge in [-0.3, -0.25) is 4.79 Å². The molecule has 5 nitrogen and oxygen atoms in total. The van der Waals surface area contributed by atoms with E-state index in [0.29, 0.717) is 28.0 Å². The van der Waals surface area contributed by atoms with Gasteiger partial charge in [0.1, 0.15) is 0 Å². The third-order valence-corrected chi connectivity index (χ3v) is 5.73. The summed E-state index contributed by atoms with van der Waals surface area (Å²) in [5.74, 6) is -2.09. The lowest BCUT2D eigenvalue weighted by Crippen LogP contribution is -2.02. The highest BCUT2D eigenvalue weighted by molar-refractivity contribution is 6.36. The molecule has 2 N–H and O–H groups in total. The summed E-state index contributed by atoms with van der Waals surface area (Å²) in [6.45, 7) is 1.88. The van der Waals surface area contributed by atoms with Crippen molar-refractivity contribution in [2.45, 2.75) is 6.92 Å². The molecular formula is C24H14O5. The number of carboxylic acid groups (broad SMARTS) is 2. The van der Waals surface area contributed by atoms with Crippen molar-refractivity contribution in [3.8, 4) is 0 Å². The number of hydrogen-bond donors (Lipinski definition) is 2. The van der Waals surface area contributed by atoms with E-state index in [1.54, 1.807) is 24.3 Å². The Morgan fingerprint density at radius 2 is 1.10 bits per heavy atom. The molecule has 0 bridgehead atoms. The maximum atomic E-state index is 11.8. The van der Waals surface area contributed by atoms with Crippen LogP contribution in [0.4, 0.5) is 0 Å². The van der Waals surface area contributed by atoms with Crippen LogP contribution in [0, 0.1) is 6.92 Å². The summed E-state index contributed by atoms with van der Waals surface area (Å²) in [6.07, 6.45) is 0.670. The third-order valence-electron chi connectivity index (χ3n) is 5.73. The highest BCUT2D eigenvalue weighted by Crippen LogP contribution is 2.43. The van der Waals surface area contributed by atoms with Crippen LogP contribution in [0.25, 0.3) is 43.1 Å². The molecule has 140 valence electrons. The van der Waals surface area contributed by atoms with Gasteiger partial charge in [0.25, 0.3) is 0 Å². The number of aromatic carboxylic acids is 2. The van der Waals surface area contributed by atoms with E-state index in [1.165, 1.54) is 6.07 Å². The molecule has 0 aliphatic heterocycles. The van der Waals surface area contributed by atoms with Gasteiger partial charge in [0.15, 0.2) is 6.29 Å². The minimum atomic E-state index is -1.10. The molecule has 0 aliphatic rings. The molecule has 0 spiro atoms. The number of fused-ring (bicyclic) bond motifs is 2. The molecule has 0 unspecified atom stereocenters. The number of aryl methyl sites for hydroxylation is 1. The molecule has 5 aromatic carbocycles. The summed E-state index contributed by atoms with van der Waals surface area (Å²) in [6, 6.07) is 13.8. The van der Waals surface area contributed by atoms with Crippen molar-refractivity contribution >= 4 is 61.3 Å². The molecule has 5 heteroatoms. The molecule has 0 aromatic heterocycles. The van der Waals surface area contributed by atoms with Gasteiger partial charge in [-0.25, -0.2) is 9.59 Å². The van der Waals surface area contributed by atoms with Crippen molar-refractivity contribution in [1.82, 2.24) is 0 Å². The van der Waals surface area contributed by atoms with Crippen molar-refractivity contribution in [3.63, 3.8) is 0 Å². The van der Waals surface area contributed by atoms with Crippen molar-refractivity contribution in [1.29, 1.82) is 0 Å². The molecule has 0 heterocycles. The summed E-state index contributed by atoms with van der Waals surface area (Å²) >= 11 is 0. The van der Waals surface area contributed by atoms with Crippen LogP contribution >= 0.6 is 0 Å². The van der Waals surface area contributed by atoms with Gasteiger partial charge >= 0.3 is 11.9 Å². The second-order valence-corrected chi connectivity index (χ2v) is 7.18. The van der Waals surface area contributed by atoms with Gasteiger partial charge in [0.05, 0.1) is 11.1 Å². The summed E-state index contributed by atoms with van der Waals surface area (Å²) in [7, 11) is 0. The zero-order valence-electron chi connectivity index (χ0n) is 15.3. The van der Waals surface area contributed by atoms with E-state index >= 15 is 0 Å². The third kappa shape index (κ3) is 2.12. The normalized spacial score (nSPS) is 11.6. The minimum Gasteiger partial charge on any atom is -0.478 e. The lowest BCUT2D eigenvalue weighted by molar-refractivity contribution is 0.0688. The van der Waals surface area contributed by atoms with Crippen molar-refractivity contribution < 1.29 is 24.6 Å². The number of carbonyl (C=O) groups excluding carboxylic acids is 1. The van der Waals surface area contributed by atoms with E-state index in [4.69, 9.17) is 0 Å². The molecule has 0 atom stereocenters. The summed E-state index contributed by atoms with van der Waals surface area (Å²) in [5.41, 5.74) is 1.47. The van der Waals surface area contributed by atoms with Gasteiger partial charge in [-0.05, 0) is 56.9 Å². The maximum Gasteiger partial charge on any atom is 0.336 e. The minimum absolute atomic E-state index is 0.0710. The topological polar surface area (TPSA) is 91.7 Å². The molecular weight excluding hydrogens is 368 g/mol. The quantitative estimate of drug-likeness (QED) is 0.252. The van der Waals surface area contributed by atoms with Crippen LogP contribution in [0.1, 0.15) is 36.6 Å². The average Bonchev–Trinajstić information content (AvgIpc) is 2.71. The first-order valence-electron chi connectivity index (χ1n) is 9.02. The van der Waals surface area contributed by atoms with Crippen molar-refractivity contribution in [2.75, 3.05) is 0 Å². The van der Waals surface area contributed by atoms with Crippen LogP contribution in [0.15, 0.2) is 48.5 Å². The standard InChI is InChI=1S/C24H14O5/c1-11-2-4-13-14-5-3-12(10-25)20-18(24(28)29)9-7-16(22(14)20)15-6-8-17(23(26)27)19(11)21(13)15/h2-10H,1H3,(H,26,27)(H,28,29). The van der Waals surface area contributed by atoms with Crippen LogP contribution in [0.5, 0.6) is 0 Å². The molecule has 0 amide bonds. The van der Waals surface area contributed by atoms with E-state index in [9.17, 15) is 24.6 Å². The van der Waals surface area contributed by atoms with Gasteiger partial charge in [0, 0.05) is 16.3 Å². The molecule has 0 saturated heterocycles. The summed E-state index contributed by atoms with van der Waals surface area (Å²) in [5, 5.41) is 25.2. The Balaban J connectivity index is 2.18. The fraction of sp³-hybridized carbons (Fsp3) is 0.0417. The lowest BCUT2D eigenvalue weighted by atomic mass is 9.85. The van der Waals surface area contributed by atoms with E-state index < -0.39 is 11.9 Å². The Bertz CT molecular complexity index is 1510. The van der Waals surface area contributed by atoms with Crippen LogP contribution < -0.4 is 0 Å². The zero-order valence-corrected chi connectivity index (χ0v) is 15.3. The van der Waals surface area contributed by atoms with E-state index in [2.05, 4.69) is 0 Å². The maximum absolute atomic E-state index is 11.8. The van der Waals surface area contributed by atoms with Gasteiger partial charge < -0.3 is 10.2 Å². The number of hydrogen-bond acceptors (Lipinski definition) is 3. The molecule has 0 radical (unpaired) electrons. The first-order valence-corrected chi connectivity index (χ1v) is 9.02. The SMILES string of the molecule is Cc1ccc2c3ccc(C=O)c4c(C(=O)O)ccc(c5ccc(C(=O)O)c1c25)c43. The molecule has 29 heavy (non-hydrogen) atoms. The van der Waals surface area contributed by atoms with Gasteiger partial charge in [-0.1, -0.05) is 36.4 Å². The monoisotopic (exact) mass is 382 g/mol. The predicted octanol–water partition coefficient (Wildman–Crippen LogP) is 5.25. The number of rotatable bonds is 3. The van der Waals surface area contributed by atoms with E-state index in [0.717, 1.165) is 32.5 Å².